The smallest absolute Gasteiger partial charge is 0.243 e. The van der Waals surface area contributed by atoms with Gasteiger partial charge in [-0.2, -0.15) is 4.31 Å². The van der Waals surface area contributed by atoms with E-state index in [2.05, 4.69) is 0 Å². The second-order valence-electron chi connectivity index (χ2n) is 10.3. The zero-order valence-electron chi connectivity index (χ0n) is 19.5. The third-order valence-electron chi connectivity index (χ3n) is 8.48. The van der Waals surface area contributed by atoms with Gasteiger partial charge >= 0.3 is 0 Å². The average molecular weight is 492 g/mol. The highest BCUT2D eigenvalue weighted by atomic mass is 32.2. The topological polar surface area (TPSA) is 101 Å². The van der Waals surface area contributed by atoms with Gasteiger partial charge in [-0.05, 0) is 56.1 Å². The Labute approximate surface area is 201 Å². The second-order valence-corrected chi connectivity index (χ2v) is 12.3. The SMILES string of the molecule is O=C(C1C[N+](=O)N2CCC(C3CCN(S(=O)(=O)c4ccccc4)CC3)CC12)N1CCC(CO)C1. The molecular weight excluding hydrogens is 456 g/mol. The molecule has 1 amide bonds. The van der Waals surface area contributed by atoms with Gasteiger partial charge in [-0.1, -0.05) is 18.2 Å². The molecule has 186 valence electrons. The van der Waals surface area contributed by atoms with Crippen molar-refractivity contribution < 1.29 is 23.2 Å². The van der Waals surface area contributed by atoms with E-state index in [1.165, 1.54) is 0 Å². The fourth-order valence-electron chi connectivity index (χ4n) is 6.47. The number of carbonyl (C=O) groups excluding carboxylic acids is 1. The standard InChI is InChI=1S/C24H35N4O5S/c29-17-18-6-10-25(15-18)24(30)22-16-28(31)27-13-9-20(14-23(22)27)19-7-11-26(12-8-19)34(32,33)21-4-2-1-3-5-21/h1-5,18-20,22-23,29H,6-17H2/q+1. The Kier molecular flexibility index (Phi) is 6.65. The zero-order valence-corrected chi connectivity index (χ0v) is 20.4. The summed E-state index contributed by atoms with van der Waals surface area (Å²) < 4.78 is 27.5. The van der Waals surface area contributed by atoms with Crippen molar-refractivity contribution in [1.82, 2.24) is 14.2 Å². The lowest BCUT2D eigenvalue weighted by Gasteiger charge is -2.40. The Hall–Kier alpha value is -2.04. The predicted octanol–water partition coefficient (Wildman–Crippen LogP) is 1.33. The predicted molar refractivity (Wildman–Crippen MR) is 125 cm³/mol. The summed E-state index contributed by atoms with van der Waals surface area (Å²) in [6.07, 6.45) is 4.16. The molecule has 4 fully saturated rings. The van der Waals surface area contributed by atoms with Crippen LogP contribution in [0.25, 0.3) is 0 Å². The molecule has 34 heavy (non-hydrogen) atoms. The molecule has 9 nitrogen and oxygen atoms in total. The molecule has 1 aromatic rings. The lowest BCUT2D eigenvalue weighted by Crippen LogP contribution is -2.49. The number of hydrazine groups is 1. The van der Waals surface area contributed by atoms with Crippen LogP contribution in [-0.2, 0) is 14.8 Å². The number of likely N-dealkylation sites (tertiary alicyclic amines) is 1. The summed E-state index contributed by atoms with van der Waals surface area (Å²) in [4.78, 5) is 29.0. The van der Waals surface area contributed by atoms with Gasteiger partial charge in [0.05, 0.1) is 16.3 Å². The number of benzene rings is 1. The van der Waals surface area contributed by atoms with Crippen LogP contribution in [0.2, 0.25) is 0 Å². The van der Waals surface area contributed by atoms with Crippen LogP contribution >= 0.6 is 0 Å². The molecule has 5 rings (SSSR count). The number of nitroso groups, excluding NO2 is 1. The lowest BCUT2D eigenvalue weighted by atomic mass is 9.75. The van der Waals surface area contributed by atoms with Gasteiger partial charge in [-0.3, -0.25) is 4.79 Å². The number of carbonyl (C=O) groups is 1. The quantitative estimate of drug-likeness (QED) is 0.624. The van der Waals surface area contributed by atoms with Crippen LogP contribution in [0.3, 0.4) is 0 Å². The number of hydrogen-bond donors (Lipinski definition) is 1. The van der Waals surface area contributed by atoms with Crippen LogP contribution < -0.4 is 0 Å². The van der Waals surface area contributed by atoms with Gasteiger partial charge in [-0.15, -0.1) is 5.01 Å². The van der Waals surface area contributed by atoms with Crippen molar-refractivity contribution in [2.45, 2.75) is 43.0 Å². The summed E-state index contributed by atoms with van der Waals surface area (Å²) in [6, 6.07) is 8.52. The molecule has 10 heteroatoms. The highest BCUT2D eigenvalue weighted by Crippen LogP contribution is 2.40. The Morgan fingerprint density at radius 2 is 1.71 bits per heavy atom. The Balaban J connectivity index is 1.21. The number of piperidine rings is 2. The molecule has 0 aromatic heterocycles. The molecule has 1 N–H and O–H groups in total. The van der Waals surface area contributed by atoms with Crippen molar-refractivity contribution in [1.29, 1.82) is 0 Å². The summed E-state index contributed by atoms with van der Waals surface area (Å²) in [6.45, 7) is 3.23. The molecule has 4 aliphatic heterocycles. The van der Waals surface area contributed by atoms with E-state index >= 15 is 0 Å². The number of sulfonamides is 1. The van der Waals surface area contributed by atoms with Crippen molar-refractivity contribution in [3.8, 4) is 0 Å². The molecule has 0 spiro atoms. The van der Waals surface area contributed by atoms with Gasteiger partial charge in [0.15, 0.2) is 0 Å². The first-order chi connectivity index (χ1) is 16.4. The fraction of sp³-hybridized carbons (Fsp3) is 0.708. The highest BCUT2D eigenvalue weighted by Gasteiger charge is 2.54. The van der Waals surface area contributed by atoms with E-state index in [4.69, 9.17) is 0 Å². The molecule has 0 saturated carbocycles. The zero-order chi connectivity index (χ0) is 23.9. The Morgan fingerprint density at radius 3 is 2.38 bits per heavy atom. The first kappa shape index (κ1) is 23.7. The summed E-state index contributed by atoms with van der Waals surface area (Å²) in [5.74, 6) is 0.672. The number of hydrogen-bond acceptors (Lipinski definition) is 5. The van der Waals surface area contributed by atoms with E-state index in [0.29, 0.717) is 49.5 Å². The van der Waals surface area contributed by atoms with Crippen LogP contribution in [0, 0.1) is 28.6 Å². The van der Waals surface area contributed by atoms with E-state index < -0.39 is 10.0 Å². The minimum absolute atomic E-state index is 0.0497. The molecule has 1 aromatic carbocycles. The van der Waals surface area contributed by atoms with Gasteiger partial charge in [0, 0.05) is 38.7 Å². The molecule has 4 atom stereocenters. The van der Waals surface area contributed by atoms with Crippen LogP contribution in [0.15, 0.2) is 35.2 Å². The molecule has 4 heterocycles. The maximum Gasteiger partial charge on any atom is 0.243 e. The Bertz CT molecular complexity index is 1010. The number of fused-ring (bicyclic) bond motifs is 1. The monoisotopic (exact) mass is 491 g/mol. The van der Waals surface area contributed by atoms with Gasteiger partial charge in [0.2, 0.25) is 22.5 Å². The van der Waals surface area contributed by atoms with E-state index in [0.717, 1.165) is 37.0 Å². The Morgan fingerprint density at radius 1 is 1.00 bits per heavy atom. The first-order valence-corrected chi connectivity index (χ1v) is 14.0. The van der Waals surface area contributed by atoms with Crippen molar-refractivity contribution in [3.05, 3.63) is 35.2 Å². The second kappa shape index (κ2) is 9.54. The van der Waals surface area contributed by atoms with E-state index in [9.17, 15) is 23.2 Å². The van der Waals surface area contributed by atoms with Crippen molar-refractivity contribution >= 4 is 15.9 Å². The highest BCUT2D eigenvalue weighted by molar-refractivity contribution is 7.89. The van der Waals surface area contributed by atoms with Crippen LogP contribution in [0.1, 0.15) is 32.1 Å². The molecule has 4 saturated heterocycles. The maximum absolute atomic E-state index is 13.3. The number of aliphatic hydroxyl groups excluding tert-OH is 1. The van der Waals surface area contributed by atoms with Gasteiger partial charge < -0.3 is 10.0 Å². The first-order valence-electron chi connectivity index (χ1n) is 12.5. The van der Waals surface area contributed by atoms with E-state index in [1.54, 1.807) is 28.6 Å². The van der Waals surface area contributed by atoms with E-state index in [-0.39, 0.29) is 36.9 Å². The minimum atomic E-state index is -3.46. The van der Waals surface area contributed by atoms with Gasteiger partial charge in [-0.25, -0.2) is 8.42 Å². The summed E-state index contributed by atoms with van der Waals surface area (Å²) in [5.41, 5.74) is 0. The van der Waals surface area contributed by atoms with Crippen molar-refractivity contribution in [2.75, 3.05) is 45.9 Å². The van der Waals surface area contributed by atoms with Gasteiger partial charge in [0.25, 0.3) is 0 Å². The molecule has 0 aliphatic carbocycles. The molecular formula is C24H35N4O5S+. The maximum atomic E-state index is 13.3. The summed E-state index contributed by atoms with van der Waals surface area (Å²) >= 11 is 0. The third kappa shape index (κ3) is 4.35. The van der Waals surface area contributed by atoms with Crippen LogP contribution in [0.4, 0.5) is 0 Å². The molecule has 4 aliphatic rings. The third-order valence-corrected chi connectivity index (χ3v) is 10.4. The molecule has 4 unspecified atom stereocenters. The largest absolute Gasteiger partial charge is 0.396 e. The molecule has 0 bridgehead atoms. The van der Waals surface area contributed by atoms with Crippen molar-refractivity contribution in [3.63, 3.8) is 0 Å². The fourth-order valence-corrected chi connectivity index (χ4v) is 7.96. The number of amides is 1. The number of aliphatic hydroxyl groups is 1. The van der Waals surface area contributed by atoms with E-state index in [1.807, 2.05) is 16.0 Å². The minimum Gasteiger partial charge on any atom is -0.396 e. The molecule has 0 radical (unpaired) electrons. The number of nitrogens with zero attached hydrogens (tertiary/aromatic N) is 4. The normalized spacial score (nSPS) is 31.1. The summed E-state index contributed by atoms with van der Waals surface area (Å²) in [7, 11) is -3.46. The van der Waals surface area contributed by atoms with Crippen LogP contribution in [0.5, 0.6) is 0 Å². The summed E-state index contributed by atoms with van der Waals surface area (Å²) in [5, 5.41) is 11.3. The van der Waals surface area contributed by atoms with Crippen molar-refractivity contribution in [2.24, 2.45) is 23.7 Å². The number of rotatable bonds is 5. The average Bonchev–Trinajstić information content (AvgIpc) is 3.49. The lowest BCUT2D eigenvalue weighted by molar-refractivity contribution is -0.692. The van der Waals surface area contributed by atoms with Crippen LogP contribution in [-0.4, -0.2) is 90.4 Å². The van der Waals surface area contributed by atoms with Gasteiger partial charge in [0.1, 0.15) is 16.8 Å².